The zero-order valence-electron chi connectivity index (χ0n) is 13.4. The molecule has 0 unspecified atom stereocenters. The van der Waals surface area contributed by atoms with Gasteiger partial charge >= 0.3 is 0 Å². The number of rotatable bonds is 3. The SMILES string of the molecule is CC(=O)N1CCC(c2ccnc(-c3ccc(CO)cc3)c2)CC1. The molecule has 0 spiro atoms. The molecule has 2 heterocycles. The minimum absolute atomic E-state index is 0.0580. The van der Waals surface area contributed by atoms with E-state index in [1.54, 1.807) is 6.92 Å². The number of carbonyl (C=O) groups excluding carboxylic acids is 1. The first kappa shape index (κ1) is 15.7. The van der Waals surface area contributed by atoms with E-state index >= 15 is 0 Å². The fourth-order valence-electron chi connectivity index (χ4n) is 3.17. The first-order valence-corrected chi connectivity index (χ1v) is 8.09. The van der Waals surface area contributed by atoms with Crippen molar-refractivity contribution in [2.45, 2.75) is 32.3 Å². The molecule has 0 atom stereocenters. The number of aliphatic hydroxyl groups excluding tert-OH is 1. The summed E-state index contributed by atoms with van der Waals surface area (Å²) in [6, 6.07) is 12.1. The zero-order valence-corrected chi connectivity index (χ0v) is 13.4. The van der Waals surface area contributed by atoms with Crippen molar-refractivity contribution in [3.63, 3.8) is 0 Å². The number of benzene rings is 1. The molecule has 4 nitrogen and oxygen atoms in total. The molecule has 3 rings (SSSR count). The molecule has 4 heteroatoms. The Labute approximate surface area is 136 Å². The number of likely N-dealkylation sites (tertiary alicyclic amines) is 1. The number of amides is 1. The van der Waals surface area contributed by atoms with Crippen LogP contribution < -0.4 is 0 Å². The first-order valence-electron chi connectivity index (χ1n) is 8.09. The molecule has 1 aromatic carbocycles. The molecule has 1 N–H and O–H groups in total. The van der Waals surface area contributed by atoms with E-state index in [-0.39, 0.29) is 12.5 Å². The van der Waals surface area contributed by atoms with Crippen molar-refractivity contribution >= 4 is 5.91 Å². The van der Waals surface area contributed by atoms with Gasteiger partial charge in [-0.2, -0.15) is 0 Å². The van der Waals surface area contributed by atoms with Gasteiger partial charge in [0.15, 0.2) is 0 Å². The second-order valence-electron chi connectivity index (χ2n) is 6.11. The van der Waals surface area contributed by atoms with Crippen LogP contribution in [0.1, 0.15) is 36.8 Å². The molecule has 0 bridgehead atoms. The fourth-order valence-corrected chi connectivity index (χ4v) is 3.17. The van der Waals surface area contributed by atoms with Crippen molar-refractivity contribution in [3.05, 3.63) is 53.7 Å². The second-order valence-corrected chi connectivity index (χ2v) is 6.11. The maximum absolute atomic E-state index is 11.4. The third-order valence-electron chi connectivity index (χ3n) is 4.63. The number of hydrogen-bond acceptors (Lipinski definition) is 3. The minimum atomic E-state index is 0.0580. The van der Waals surface area contributed by atoms with E-state index < -0.39 is 0 Å². The number of carbonyl (C=O) groups is 1. The van der Waals surface area contributed by atoms with Crippen LogP contribution in [0.5, 0.6) is 0 Å². The van der Waals surface area contributed by atoms with Crippen molar-refractivity contribution in [2.75, 3.05) is 13.1 Å². The summed E-state index contributed by atoms with van der Waals surface area (Å²) in [5, 5.41) is 9.13. The van der Waals surface area contributed by atoms with Gasteiger partial charge in [0.2, 0.25) is 5.91 Å². The van der Waals surface area contributed by atoms with E-state index in [9.17, 15) is 4.79 Å². The molecule has 1 aliphatic heterocycles. The largest absolute Gasteiger partial charge is 0.392 e. The number of piperidine rings is 1. The molecule has 1 amide bonds. The molecule has 1 aliphatic rings. The molecule has 120 valence electrons. The van der Waals surface area contributed by atoms with Crippen LogP contribution in [0.2, 0.25) is 0 Å². The third-order valence-corrected chi connectivity index (χ3v) is 4.63. The highest BCUT2D eigenvalue weighted by Crippen LogP contribution is 2.30. The van der Waals surface area contributed by atoms with Gasteiger partial charge in [0.1, 0.15) is 0 Å². The summed E-state index contributed by atoms with van der Waals surface area (Å²) in [5.41, 5.74) is 4.22. The first-order chi connectivity index (χ1) is 11.2. The molecule has 1 saturated heterocycles. The normalized spacial score (nSPS) is 15.7. The van der Waals surface area contributed by atoms with Gasteiger partial charge in [0, 0.05) is 31.8 Å². The Kier molecular flexibility index (Phi) is 4.72. The van der Waals surface area contributed by atoms with Crippen LogP contribution in [-0.4, -0.2) is 34.0 Å². The summed E-state index contributed by atoms with van der Waals surface area (Å²) in [7, 11) is 0. The maximum atomic E-state index is 11.4. The predicted octanol–water partition coefficient (Wildman–Crippen LogP) is 2.97. The monoisotopic (exact) mass is 310 g/mol. The number of pyridine rings is 1. The highest BCUT2D eigenvalue weighted by atomic mass is 16.3. The van der Waals surface area contributed by atoms with Crippen molar-refractivity contribution < 1.29 is 9.90 Å². The highest BCUT2D eigenvalue weighted by Gasteiger charge is 2.22. The standard InChI is InChI=1S/C19H22N2O2/c1-14(23)21-10-7-16(8-11-21)18-6-9-20-19(12-18)17-4-2-15(13-22)3-5-17/h2-6,9,12,16,22H,7-8,10-11,13H2,1H3. The summed E-state index contributed by atoms with van der Waals surface area (Å²) < 4.78 is 0. The maximum Gasteiger partial charge on any atom is 0.219 e. The van der Waals surface area contributed by atoms with Crippen molar-refractivity contribution in [3.8, 4) is 11.3 Å². The van der Waals surface area contributed by atoms with E-state index in [0.29, 0.717) is 5.92 Å². The lowest BCUT2D eigenvalue weighted by Crippen LogP contribution is -2.36. The summed E-state index contributed by atoms with van der Waals surface area (Å²) in [6.07, 6.45) is 3.88. The Balaban J connectivity index is 1.76. The van der Waals surface area contributed by atoms with Crippen LogP contribution in [0, 0.1) is 0 Å². The summed E-state index contributed by atoms with van der Waals surface area (Å²) in [5.74, 6) is 0.659. The van der Waals surface area contributed by atoms with E-state index in [2.05, 4.69) is 17.1 Å². The Bertz CT molecular complexity index is 674. The number of hydrogen-bond donors (Lipinski definition) is 1. The molecule has 2 aromatic rings. The molecule has 1 fully saturated rings. The molecule has 0 saturated carbocycles. The second kappa shape index (κ2) is 6.92. The van der Waals surface area contributed by atoms with Crippen molar-refractivity contribution in [1.29, 1.82) is 0 Å². The topological polar surface area (TPSA) is 53.4 Å². The summed E-state index contributed by atoms with van der Waals surface area (Å²) in [6.45, 7) is 3.37. The van der Waals surface area contributed by atoms with Crippen LogP contribution in [0.15, 0.2) is 42.6 Å². The van der Waals surface area contributed by atoms with E-state index in [1.165, 1.54) is 5.56 Å². The summed E-state index contributed by atoms with van der Waals surface area (Å²) >= 11 is 0. The van der Waals surface area contributed by atoms with Gasteiger partial charge in [0.25, 0.3) is 0 Å². The van der Waals surface area contributed by atoms with E-state index in [4.69, 9.17) is 5.11 Å². The van der Waals surface area contributed by atoms with Gasteiger partial charge in [-0.25, -0.2) is 0 Å². The molecule has 0 aliphatic carbocycles. The van der Waals surface area contributed by atoms with Gasteiger partial charge in [0.05, 0.1) is 12.3 Å². The third kappa shape index (κ3) is 3.59. The lowest BCUT2D eigenvalue weighted by Gasteiger charge is -2.31. The van der Waals surface area contributed by atoms with E-state index in [1.807, 2.05) is 35.4 Å². The molecular weight excluding hydrogens is 288 g/mol. The van der Waals surface area contributed by atoms with Gasteiger partial charge in [-0.05, 0) is 42.0 Å². The Morgan fingerprint density at radius 3 is 2.52 bits per heavy atom. The molecular formula is C19H22N2O2. The van der Waals surface area contributed by atoms with Crippen LogP contribution in [0.25, 0.3) is 11.3 Å². The molecule has 0 radical (unpaired) electrons. The average molecular weight is 310 g/mol. The van der Waals surface area contributed by atoms with Crippen LogP contribution in [0.3, 0.4) is 0 Å². The Morgan fingerprint density at radius 2 is 1.91 bits per heavy atom. The smallest absolute Gasteiger partial charge is 0.219 e. The van der Waals surface area contributed by atoms with Crippen LogP contribution in [-0.2, 0) is 11.4 Å². The lowest BCUT2D eigenvalue weighted by molar-refractivity contribution is -0.129. The number of aromatic nitrogens is 1. The Hall–Kier alpha value is -2.20. The average Bonchev–Trinajstić information content (AvgIpc) is 2.62. The van der Waals surface area contributed by atoms with Gasteiger partial charge < -0.3 is 10.0 Å². The summed E-state index contributed by atoms with van der Waals surface area (Å²) in [4.78, 5) is 17.8. The van der Waals surface area contributed by atoms with Gasteiger partial charge in [-0.3, -0.25) is 9.78 Å². The minimum Gasteiger partial charge on any atom is -0.392 e. The number of aliphatic hydroxyl groups is 1. The van der Waals surface area contributed by atoms with E-state index in [0.717, 1.165) is 42.8 Å². The molecule has 23 heavy (non-hydrogen) atoms. The number of nitrogens with zero attached hydrogens (tertiary/aromatic N) is 2. The fraction of sp³-hybridized carbons (Fsp3) is 0.368. The quantitative estimate of drug-likeness (QED) is 0.948. The zero-order chi connectivity index (χ0) is 16.2. The van der Waals surface area contributed by atoms with Crippen LogP contribution in [0.4, 0.5) is 0 Å². The lowest BCUT2D eigenvalue weighted by atomic mass is 9.89. The van der Waals surface area contributed by atoms with Crippen molar-refractivity contribution in [2.24, 2.45) is 0 Å². The van der Waals surface area contributed by atoms with Crippen LogP contribution >= 0.6 is 0 Å². The van der Waals surface area contributed by atoms with Gasteiger partial charge in [-0.15, -0.1) is 0 Å². The highest BCUT2D eigenvalue weighted by molar-refractivity contribution is 5.73. The molecule has 1 aromatic heterocycles. The van der Waals surface area contributed by atoms with Crippen molar-refractivity contribution in [1.82, 2.24) is 9.88 Å². The predicted molar refractivity (Wildman–Crippen MR) is 89.8 cm³/mol. The Morgan fingerprint density at radius 1 is 1.22 bits per heavy atom. The van der Waals surface area contributed by atoms with Gasteiger partial charge in [-0.1, -0.05) is 24.3 Å².